The smallest absolute Gasteiger partial charge is 0.248 e. The second-order valence-corrected chi connectivity index (χ2v) is 6.33. The predicted molar refractivity (Wildman–Crippen MR) is 85.4 cm³/mol. The minimum atomic E-state index is -0.506. The first kappa shape index (κ1) is 15.3. The van der Waals surface area contributed by atoms with Gasteiger partial charge in [0, 0.05) is 11.1 Å². The fourth-order valence-electron chi connectivity index (χ4n) is 1.88. The van der Waals surface area contributed by atoms with Crippen molar-refractivity contribution in [2.75, 3.05) is 0 Å². The third-order valence-electron chi connectivity index (χ3n) is 3.01. The summed E-state index contributed by atoms with van der Waals surface area (Å²) in [7, 11) is 0. The Morgan fingerprint density at radius 1 is 1.17 bits per heavy atom. The summed E-state index contributed by atoms with van der Waals surface area (Å²) in [5, 5.41) is 11.9. The number of nitrogens with two attached hydrogens (primary N) is 1. The molecule has 0 aliphatic rings. The lowest BCUT2D eigenvalue weighted by molar-refractivity contribution is 0.0963. The molecule has 0 atom stereocenters. The lowest BCUT2D eigenvalue weighted by Gasteiger charge is -1.97. The Balaban J connectivity index is 1.75. The van der Waals surface area contributed by atoms with E-state index < -0.39 is 5.91 Å². The van der Waals surface area contributed by atoms with Gasteiger partial charge in [-0.3, -0.25) is 9.59 Å². The van der Waals surface area contributed by atoms with Crippen molar-refractivity contribution in [3.63, 3.8) is 0 Å². The van der Waals surface area contributed by atoms with Crippen LogP contribution in [0.4, 0.5) is 0 Å². The molecule has 3 rings (SSSR count). The number of hydrogen-bond acceptors (Lipinski definition) is 6. The summed E-state index contributed by atoms with van der Waals surface area (Å²) in [5.74, 6) is -0.290. The van der Waals surface area contributed by atoms with Crippen LogP contribution >= 0.6 is 22.9 Å². The number of thiophene rings is 1. The number of benzene rings is 1. The summed E-state index contributed by atoms with van der Waals surface area (Å²) < 4.78 is 0.551. The number of nitrogens with zero attached hydrogens (tertiary/aromatic N) is 4. The van der Waals surface area contributed by atoms with Crippen LogP contribution in [0.1, 0.15) is 20.0 Å². The summed E-state index contributed by atoms with van der Waals surface area (Å²) in [4.78, 5) is 24.9. The molecule has 0 saturated heterocycles. The highest BCUT2D eigenvalue weighted by molar-refractivity contribution is 7.18. The highest BCUT2D eigenvalue weighted by Gasteiger charge is 2.13. The van der Waals surface area contributed by atoms with E-state index in [1.165, 1.54) is 16.1 Å². The third-order valence-corrected chi connectivity index (χ3v) is 4.29. The molecule has 9 heteroatoms. The predicted octanol–water partition coefficient (Wildman–Crippen LogP) is 2.04. The summed E-state index contributed by atoms with van der Waals surface area (Å²) >= 11 is 7.01. The van der Waals surface area contributed by atoms with Crippen LogP contribution in [-0.4, -0.2) is 31.9 Å². The Kier molecular flexibility index (Phi) is 4.18. The summed E-state index contributed by atoms with van der Waals surface area (Å²) in [6, 6.07) is 9.83. The van der Waals surface area contributed by atoms with Gasteiger partial charge < -0.3 is 5.73 Å². The first-order valence-electron chi connectivity index (χ1n) is 6.49. The Morgan fingerprint density at radius 3 is 2.52 bits per heavy atom. The van der Waals surface area contributed by atoms with Crippen molar-refractivity contribution >= 4 is 34.6 Å². The molecule has 2 aromatic heterocycles. The van der Waals surface area contributed by atoms with E-state index in [0.29, 0.717) is 26.2 Å². The van der Waals surface area contributed by atoms with Crippen molar-refractivity contribution in [3.05, 3.63) is 51.2 Å². The molecular formula is C14H10ClN5O2S. The standard InChI is InChI=1S/C14H10ClN5O2S/c15-12-6-5-11(23-12)10(21)7-20-18-14(17-19-20)9-3-1-8(2-4-9)13(16)22/h1-6H,7H2,(H2,16,22). The van der Waals surface area contributed by atoms with E-state index in [1.54, 1.807) is 36.4 Å². The highest BCUT2D eigenvalue weighted by Crippen LogP contribution is 2.22. The van der Waals surface area contributed by atoms with E-state index in [0.717, 1.165) is 0 Å². The second-order valence-electron chi connectivity index (χ2n) is 4.61. The van der Waals surface area contributed by atoms with E-state index in [1.807, 2.05) is 0 Å². The van der Waals surface area contributed by atoms with Gasteiger partial charge in [-0.2, -0.15) is 4.80 Å². The first-order valence-corrected chi connectivity index (χ1v) is 7.69. The quantitative estimate of drug-likeness (QED) is 0.711. The van der Waals surface area contributed by atoms with Crippen molar-refractivity contribution in [1.82, 2.24) is 20.2 Å². The minimum absolute atomic E-state index is 0.0246. The minimum Gasteiger partial charge on any atom is -0.366 e. The number of halogens is 1. The lowest BCUT2D eigenvalue weighted by atomic mass is 10.1. The number of amides is 1. The number of primary amides is 1. The maximum absolute atomic E-state index is 12.1. The molecule has 0 unspecified atom stereocenters. The molecular weight excluding hydrogens is 338 g/mol. The van der Waals surface area contributed by atoms with Crippen LogP contribution in [0.15, 0.2) is 36.4 Å². The van der Waals surface area contributed by atoms with Crippen LogP contribution in [0.3, 0.4) is 0 Å². The molecule has 1 aromatic carbocycles. The van der Waals surface area contributed by atoms with E-state index in [9.17, 15) is 9.59 Å². The van der Waals surface area contributed by atoms with Crippen molar-refractivity contribution in [2.24, 2.45) is 5.73 Å². The Bertz CT molecular complexity index is 871. The van der Waals surface area contributed by atoms with Crippen LogP contribution in [0.25, 0.3) is 11.4 Å². The average Bonchev–Trinajstić information content (AvgIpc) is 3.16. The van der Waals surface area contributed by atoms with Crippen molar-refractivity contribution in [3.8, 4) is 11.4 Å². The molecule has 0 saturated carbocycles. The molecule has 116 valence electrons. The summed E-state index contributed by atoms with van der Waals surface area (Å²) in [6.45, 7) is -0.0246. The maximum atomic E-state index is 12.1. The van der Waals surface area contributed by atoms with E-state index >= 15 is 0 Å². The van der Waals surface area contributed by atoms with Gasteiger partial charge in [-0.25, -0.2) is 0 Å². The van der Waals surface area contributed by atoms with Crippen LogP contribution < -0.4 is 5.73 Å². The van der Waals surface area contributed by atoms with Crippen molar-refractivity contribution < 1.29 is 9.59 Å². The average molecular weight is 348 g/mol. The van der Waals surface area contributed by atoms with Gasteiger partial charge in [0.15, 0.2) is 5.78 Å². The molecule has 23 heavy (non-hydrogen) atoms. The molecule has 0 spiro atoms. The molecule has 0 aliphatic carbocycles. The Labute approximate surface area is 139 Å². The number of hydrogen-bond donors (Lipinski definition) is 1. The van der Waals surface area contributed by atoms with Gasteiger partial charge in [0.25, 0.3) is 0 Å². The number of Topliss-reactive ketones (excluding diaryl/α,β-unsaturated/α-hetero) is 1. The molecule has 0 fully saturated rings. The number of rotatable bonds is 5. The molecule has 3 aromatic rings. The summed E-state index contributed by atoms with van der Waals surface area (Å²) in [5.41, 5.74) is 6.25. The molecule has 0 radical (unpaired) electrons. The Hall–Kier alpha value is -2.58. The van der Waals surface area contributed by atoms with Gasteiger partial charge in [0.1, 0.15) is 6.54 Å². The molecule has 0 bridgehead atoms. The SMILES string of the molecule is NC(=O)c1ccc(-c2nnn(CC(=O)c3ccc(Cl)s3)n2)cc1. The monoisotopic (exact) mass is 347 g/mol. The van der Waals surface area contributed by atoms with Gasteiger partial charge in [-0.15, -0.1) is 21.5 Å². The molecule has 2 heterocycles. The number of aromatic nitrogens is 4. The number of carbonyl (C=O) groups excluding carboxylic acids is 2. The number of ketones is 1. The zero-order chi connectivity index (χ0) is 16.4. The topological polar surface area (TPSA) is 104 Å². The fourth-order valence-corrected chi connectivity index (χ4v) is 2.85. The van der Waals surface area contributed by atoms with Crippen molar-refractivity contribution in [2.45, 2.75) is 6.54 Å². The first-order chi connectivity index (χ1) is 11.0. The van der Waals surface area contributed by atoms with Gasteiger partial charge in [0.05, 0.1) is 9.21 Å². The third kappa shape index (κ3) is 3.43. The zero-order valence-electron chi connectivity index (χ0n) is 11.6. The van der Waals surface area contributed by atoms with Crippen LogP contribution in [0.5, 0.6) is 0 Å². The molecule has 2 N–H and O–H groups in total. The maximum Gasteiger partial charge on any atom is 0.248 e. The second kappa shape index (κ2) is 6.27. The van der Waals surface area contributed by atoms with Gasteiger partial charge in [0.2, 0.25) is 11.7 Å². The number of tetrazole rings is 1. The zero-order valence-corrected chi connectivity index (χ0v) is 13.2. The Morgan fingerprint density at radius 2 is 1.91 bits per heavy atom. The van der Waals surface area contributed by atoms with Gasteiger partial charge in [-0.05, 0) is 29.5 Å². The van der Waals surface area contributed by atoms with E-state index in [2.05, 4.69) is 15.4 Å². The van der Waals surface area contributed by atoms with E-state index in [4.69, 9.17) is 17.3 Å². The lowest BCUT2D eigenvalue weighted by Crippen LogP contribution is -2.12. The molecule has 0 aliphatic heterocycles. The normalized spacial score (nSPS) is 10.7. The molecule has 7 nitrogen and oxygen atoms in total. The van der Waals surface area contributed by atoms with E-state index in [-0.39, 0.29) is 12.3 Å². The highest BCUT2D eigenvalue weighted by atomic mass is 35.5. The molecule has 1 amide bonds. The fraction of sp³-hybridized carbons (Fsp3) is 0.0714. The van der Waals surface area contributed by atoms with Gasteiger partial charge in [-0.1, -0.05) is 23.7 Å². The van der Waals surface area contributed by atoms with Gasteiger partial charge >= 0.3 is 0 Å². The van der Waals surface area contributed by atoms with Crippen LogP contribution in [-0.2, 0) is 6.54 Å². The van der Waals surface area contributed by atoms with Crippen LogP contribution in [0, 0.1) is 0 Å². The van der Waals surface area contributed by atoms with Crippen molar-refractivity contribution in [1.29, 1.82) is 0 Å². The number of carbonyl (C=O) groups is 2. The largest absolute Gasteiger partial charge is 0.366 e. The summed E-state index contributed by atoms with van der Waals surface area (Å²) in [6.07, 6.45) is 0. The van der Waals surface area contributed by atoms with Crippen LogP contribution in [0.2, 0.25) is 4.34 Å².